The maximum absolute atomic E-state index is 11.1. The first kappa shape index (κ1) is 5.16. The third-order valence-corrected chi connectivity index (χ3v) is 3.38. The topological polar surface area (TPSA) is 29.1 Å². The van der Waals surface area contributed by atoms with Gasteiger partial charge in [-0.1, -0.05) is 6.42 Å². The van der Waals surface area contributed by atoms with Crippen molar-refractivity contribution in [2.75, 3.05) is 0 Å². The molecule has 3 rings (SSSR count). The van der Waals surface area contributed by atoms with E-state index in [4.69, 9.17) is 0 Å². The van der Waals surface area contributed by atoms with Crippen LogP contribution < -0.4 is 5.32 Å². The van der Waals surface area contributed by atoms with E-state index in [1.807, 2.05) is 0 Å². The lowest BCUT2D eigenvalue weighted by Crippen LogP contribution is -2.34. The van der Waals surface area contributed by atoms with Crippen molar-refractivity contribution in [1.29, 1.82) is 0 Å². The lowest BCUT2D eigenvalue weighted by molar-refractivity contribution is -0.122. The summed E-state index contributed by atoms with van der Waals surface area (Å²) >= 11 is 0. The maximum atomic E-state index is 11.1. The highest BCUT2D eigenvalue weighted by Gasteiger charge is 2.63. The molecule has 0 unspecified atom stereocenters. The van der Waals surface area contributed by atoms with Gasteiger partial charge in [-0.15, -0.1) is 0 Å². The van der Waals surface area contributed by atoms with E-state index in [9.17, 15) is 4.79 Å². The van der Waals surface area contributed by atoms with Crippen LogP contribution in [0, 0.1) is 17.8 Å². The molecule has 1 heterocycles. The number of hydrogen-bond acceptors (Lipinski definition) is 1. The van der Waals surface area contributed by atoms with Gasteiger partial charge in [-0.05, 0) is 24.7 Å². The van der Waals surface area contributed by atoms with E-state index in [1.165, 1.54) is 19.3 Å². The number of nitrogens with one attached hydrogen (secondary N) is 1. The van der Waals surface area contributed by atoms with Gasteiger partial charge in [0.2, 0.25) is 5.91 Å². The minimum absolute atomic E-state index is 0.347. The molecule has 2 heteroatoms. The molecule has 4 atom stereocenters. The second-order valence-corrected chi connectivity index (χ2v) is 3.81. The molecule has 0 radical (unpaired) electrons. The molecule has 0 aromatic carbocycles. The summed E-state index contributed by atoms with van der Waals surface area (Å²) in [6.07, 6.45) is 3.89. The summed E-state index contributed by atoms with van der Waals surface area (Å²) in [5.41, 5.74) is 0. The average Bonchev–Trinajstić information content (AvgIpc) is 2.51. The van der Waals surface area contributed by atoms with E-state index in [-0.39, 0.29) is 0 Å². The Morgan fingerprint density at radius 1 is 1.40 bits per heavy atom. The third kappa shape index (κ3) is 0.414. The summed E-state index contributed by atoms with van der Waals surface area (Å²) in [5, 5.41) is 3.05. The molecule has 0 bridgehead atoms. The lowest BCUT2D eigenvalue weighted by atomic mass is 9.96. The summed E-state index contributed by atoms with van der Waals surface area (Å²) in [6.45, 7) is 0. The summed E-state index contributed by atoms with van der Waals surface area (Å²) < 4.78 is 0. The molecule has 3 fully saturated rings. The number of hydrogen-bond donors (Lipinski definition) is 1. The average molecular weight is 137 g/mol. The van der Waals surface area contributed by atoms with Crippen LogP contribution in [-0.4, -0.2) is 11.9 Å². The fourth-order valence-electron chi connectivity index (χ4n) is 2.90. The quantitative estimate of drug-likeness (QED) is 0.518. The molecule has 0 spiro atoms. The van der Waals surface area contributed by atoms with Gasteiger partial charge in [0.1, 0.15) is 0 Å². The minimum atomic E-state index is 0.347. The second-order valence-electron chi connectivity index (χ2n) is 3.81. The monoisotopic (exact) mass is 137 g/mol. The molecule has 1 amide bonds. The molecule has 54 valence electrons. The molecule has 3 aliphatic rings. The SMILES string of the molecule is O=C1N[C@@H]2CCC[C@@H]3[C@@H]1[C@@H]32. The van der Waals surface area contributed by atoms with Gasteiger partial charge in [0, 0.05) is 12.0 Å². The van der Waals surface area contributed by atoms with Crippen molar-refractivity contribution in [3.05, 3.63) is 0 Å². The summed E-state index contributed by atoms with van der Waals surface area (Å²) in [7, 11) is 0. The second kappa shape index (κ2) is 1.39. The van der Waals surface area contributed by atoms with Crippen molar-refractivity contribution in [2.45, 2.75) is 25.3 Å². The predicted molar refractivity (Wildman–Crippen MR) is 36.3 cm³/mol. The predicted octanol–water partition coefficient (Wildman–Crippen LogP) is 0.531. The van der Waals surface area contributed by atoms with Crippen molar-refractivity contribution < 1.29 is 4.79 Å². The van der Waals surface area contributed by atoms with Gasteiger partial charge in [0.05, 0.1) is 0 Å². The lowest BCUT2D eigenvalue weighted by Gasteiger charge is -2.20. The number of piperidine rings is 1. The summed E-state index contributed by atoms with van der Waals surface area (Å²) in [4.78, 5) is 11.1. The smallest absolute Gasteiger partial charge is 0.223 e. The Morgan fingerprint density at radius 3 is 3.00 bits per heavy atom. The normalized spacial score (nSPS) is 55.8. The number of carbonyl (C=O) groups is 1. The van der Waals surface area contributed by atoms with Crippen molar-refractivity contribution in [3.63, 3.8) is 0 Å². The van der Waals surface area contributed by atoms with Gasteiger partial charge in [0.25, 0.3) is 0 Å². The molecule has 1 aliphatic heterocycles. The third-order valence-electron chi connectivity index (χ3n) is 3.38. The highest BCUT2D eigenvalue weighted by atomic mass is 16.2. The number of rotatable bonds is 0. The van der Waals surface area contributed by atoms with E-state index in [2.05, 4.69) is 5.32 Å². The summed E-state index contributed by atoms with van der Waals surface area (Å²) in [6, 6.07) is 0.580. The Morgan fingerprint density at radius 2 is 2.30 bits per heavy atom. The van der Waals surface area contributed by atoms with Crippen molar-refractivity contribution in [1.82, 2.24) is 5.32 Å². The van der Waals surface area contributed by atoms with Crippen LogP contribution >= 0.6 is 0 Å². The van der Waals surface area contributed by atoms with Crippen LogP contribution in [0.3, 0.4) is 0 Å². The number of fused-ring (bicyclic) bond motifs is 1. The molecule has 0 aromatic rings. The Bertz CT molecular complexity index is 201. The first-order valence-corrected chi connectivity index (χ1v) is 4.18. The fraction of sp³-hybridized carbons (Fsp3) is 0.875. The minimum Gasteiger partial charge on any atom is -0.353 e. The molecule has 2 nitrogen and oxygen atoms in total. The standard InChI is InChI=1S/C8H11NO/c10-8-7-4-2-1-3-5(9-8)6(4)7/h4-7H,1-3H2,(H,9,10)/t4-,5+,6-,7+/m0/s1. The highest BCUT2D eigenvalue weighted by Crippen LogP contribution is 2.58. The highest BCUT2D eigenvalue weighted by molar-refractivity contribution is 5.86. The number of amides is 1. The zero-order chi connectivity index (χ0) is 6.72. The van der Waals surface area contributed by atoms with E-state index >= 15 is 0 Å². The zero-order valence-electron chi connectivity index (χ0n) is 5.84. The van der Waals surface area contributed by atoms with Crippen LogP contribution in [-0.2, 0) is 4.79 Å². The van der Waals surface area contributed by atoms with Crippen LogP contribution in [0.5, 0.6) is 0 Å². The fourth-order valence-corrected chi connectivity index (χ4v) is 2.90. The van der Waals surface area contributed by atoms with Crippen molar-refractivity contribution >= 4 is 5.91 Å². The largest absolute Gasteiger partial charge is 0.353 e. The zero-order valence-corrected chi connectivity index (χ0v) is 5.84. The first-order valence-electron chi connectivity index (χ1n) is 4.18. The van der Waals surface area contributed by atoms with E-state index in [0.29, 0.717) is 17.9 Å². The van der Waals surface area contributed by atoms with Gasteiger partial charge in [0.15, 0.2) is 0 Å². The van der Waals surface area contributed by atoms with Crippen molar-refractivity contribution in [2.24, 2.45) is 17.8 Å². The van der Waals surface area contributed by atoms with Gasteiger partial charge < -0.3 is 5.32 Å². The molecular formula is C8H11NO. The van der Waals surface area contributed by atoms with Crippen LogP contribution in [0.25, 0.3) is 0 Å². The Labute approximate surface area is 60.0 Å². The maximum Gasteiger partial charge on any atom is 0.223 e. The van der Waals surface area contributed by atoms with Crippen LogP contribution in [0.4, 0.5) is 0 Å². The van der Waals surface area contributed by atoms with E-state index in [0.717, 1.165) is 11.8 Å². The van der Waals surface area contributed by atoms with Gasteiger partial charge in [-0.25, -0.2) is 0 Å². The molecule has 2 aliphatic carbocycles. The molecular weight excluding hydrogens is 126 g/mol. The van der Waals surface area contributed by atoms with Crippen LogP contribution in [0.15, 0.2) is 0 Å². The molecule has 2 saturated carbocycles. The Hall–Kier alpha value is -0.530. The van der Waals surface area contributed by atoms with Gasteiger partial charge in [-0.2, -0.15) is 0 Å². The number of carbonyl (C=O) groups excluding carboxylic acids is 1. The molecule has 1 saturated heterocycles. The van der Waals surface area contributed by atoms with E-state index < -0.39 is 0 Å². The van der Waals surface area contributed by atoms with Crippen molar-refractivity contribution in [3.8, 4) is 0 Å². The first-order chi connectivity index (χ1) is 4.88. The van der Waals surface area contributed by atoms with Gasteiger partial charge in [-0.3, -0.25) is 4.79 Å². The molecule has 10 heavy (non-hydrogen) atoms. The van der Waals surface area contributed by atoms with Gasteiger partial charge >= 0.3 is 0 Å². The Kier molecular flexibility index (Phi) is 0.715. The van der Waals surface area contributed by atoms with E-state index in [1.54, 1.807) is 0 Å². The Balaban J connectivity index is 1.95. The summed E-state index contributed by atoms with van der Waals surface area (Å²) in [5.74, 6) is 2.36. The van der Waals surface area contributed by atoms with Crippen LogP contribution in [0.2, 0.25) is 0 Å². The molecule has 1 N–H and O–H groups in total. The molecule has 0 aromatic heterocycles. The van der Waals surface area contributed by atoms with Crippen LogP contribution in [0.1, 0.15) is 19.3 Å².